The van der Waals surface area contributed by atoms with Crippen molar-refractivity contribution in [2.75, 3.05) is 18.6 Å². The van der Waals surface area contributed by atoms with Crippen LogP contribution in [0, 0.1) is 0 Å². The number of anilines is 1. The molecule has 0 fully saturated rings. The minimum absolute atomic E-state index is 0.105. The summed E-state index contributed by atoms with van der Waals surface area (Å²) in [5, 5.41) is 7.83. The quantitative estimate of drug-likeness (QED) is 0.326. The van der Waals surface area contributed by atoms with Crippen LogP contribution in [-0.4, -0.2) is 42.5 Å². The zero-order valence-electron chi connectivity index (χ0n) is 14.6. The van der Waals surface area contributed by atoms with E-state index in [1.54, 1.807) is 38.1 Å². The summed E-state index contributed by atoms with van der Waals surface area (Å²) < 4.78 is 9.61. The van der Waals surface area contributed by atoms with E-state index in [1.807, 2.05) is 0 Å². The SMILES string of the molecule is CCOC(=O)C(=NNc1ccc(C2=NNC(=O)CC2)cc1)C(=O)OCC. The fourth-order valence-corrected chi connectivity index (χ4v) is 2.11. The summed E-state index contributed by atoms with van der Waals surface area (Å²) in [5.74, 6) is -1.82. The van der Waals surface area contributed by atoms with Crippen LogP contribution in [0.15, 0.2) is 34.5 Å². The molecule has 0 radical (unpaired) electrons. The average molecular weight is 360 g/mol. The Labute approximate surface area is 150 Å². The monoisotopic (exact) mass is 360 g/mol. The Morgan fingerprint density at radius 3 is 2.23 bits per heavy atom. The summed E-state index contributed by atoms with van der Waals surface area (Å²) in [6, 6.07) is 7.02. The molecule has 0 bridgehead atoms. The van der Waals surface area contributed by atoms with Gasteiger partial charge < -0.3 is 9.47 Å². The summed E-state index contributed by atoms with van der Waals surface area (Å²) in [7, 11) is 0. The Hall–Kier alpha value is -3.23. The van der Waals surface area contributed by atoms with Crippen LogP contribution < -0.4 is 10.9 Å². The molecule has 0 aliphatic carbocycles. The third-order valence-corrected chi connectivity index (χ3v) is 3.36. The number of ether oxygens (including phenoxy) is 2. The Morgan fingerprint density at radius 1 is 1.12 bits per heavy atom. The number of carbonyl (C=O) groups excluding carboxylic acids is 3. The maximum Gasteiger partial charge on any atom is 0.366 e. The smallest absolute Gasteiger partial charge is 0.366 e. The van der Waals surface area contributed by atoms with Crippen molar-refractivity contribution >= 4 is 35.0 Å². The van der Waals surface area contributed by atoms with Crippen LogP contribution >= 0.6 is 0 Å². The van der Waals surface area contributed by atoms with Crippen LogP contribution in [0.2, 0.25) is 0 Å². The third-order valence-electron chi connectivity index (χ3n) is 3.36. The molecule has 0 atom stereocenters. The lowest BCUT2D eigenvalue weighted by Gasteiger charge is -2.12. The number of nitrogens with one attached hydrogen (secondary N) is 2. The largest absolute Gasteiger partial charge is 0.461 e. The van der Waals surface area contributed by atoms with Crippen molar-refractivity contribution < 1.29 is 23.9 Å². The van der Waals surface area contributed by atoms with Gasteiger partial charge in [0.05, 0.1) is 24.6 Å². The van der Waals surface area contributed by atoms with E-state index in [-0.39, 0.29) is 19.1 Å². The predicted molar refractivity (Wildman–Crippen MR) is 94.7 cm³/mol. The Bertz CT molecular complexity index is 720. The Morgan fingerprint density at radius 2 is 1.73 bits per heavy atom. The molecule has 1 amide bonds. The summed E-state index contributed by atoms with van der Waals surface area (Å²) in [5.41, 5.74) is 6.81. The van der Waals surface area contributed by atoms with Gasteiger partial charge in [-0.15, -0.1) is 0 Å². The first kappa shape index (κ1) is 19.1. The van der Waals surface area contributed by atoms with E-state index in [0.717, 1.165) is 11.3 Å². The minimum Gasteiger partial charge on any atom is -0.461 e. The molecule has 0 aromatic heterocycles. The van der Waals surface area contributed by atoms with Crippen molar-refractivity contribution in [3.63, 3.8) is 0 Å². The minimum atomic E-state index is -0.859. The number of amides is 1. The van der Waals surface area contributed by atoms with E-state index in [0.29, 0.717) is 18.5 Å². The highest BCUT2D eigenvalue weighted by atomic mass is 16.6. The number of benzene rings is 1. The lowest BCUT2D eigenvalue weighted by atomic mass is 10.0. The van der Waals surface area contributed by atoms with Gasteiger partial charge in [0, 0.05) is 12.8 Å². The molecule has 138 valence electrons. The van der Waals surface area contributed by atoms with Crippen molar-refractivity contribution in [1.82, 2.24) is 5.43 Å². The molecule has 2 N–H and O–H groups in total. The molecule has 9 heteroatoms. The highest BCUT2D eigenvalue weighted by Gasteiger charge is 2.23. The fourth-order valence-electron chi connectivity index (χ4n) is 2.11. The summed E-state index contributed by atoms with van der Waals surface area (Å²) in [6.07, 6.45) is 0.957. The molecule has 1 heterocycles. The van der Waals surface area contributed by atoms with Gasteiger partial charge in [-0.3, -0.25) is 10.2 Å². The van der Waals surface area contributed by atoms with Gasteiger partial charge in [0.25, 0.3) is 5.71 Å². The van der Waals surface area contributed by atoms with Gasteiger partial charge in [-0.25, -0.2) is 15.0 Å². The van der Waals surface area contributed by atoms with Crippen molar-refractivity contribution in [1.29, 1.82) is 0 Å². The lowest BCUT2D eigenvalue weighted by molar-refractivity contribution is -0.140. The number of hydrogen-bond acceptors (Lipinski definition) is 8. The van der Waals surface area contributed by atoms with Crippen molar-refractivity contribution in [2.24, 2.45) is 10.2 Å². The van der Waals surface area contributed by atoms with Crippen LogP contribution in [0.25, 0.3) is 0 Å². The third kappa shape index (κ3) is 5.13. The number of nitrogens with zero attached hydrogens (tertiary/aromatic N) is 2. The molecular weight excluding hydrogens is 340 g/mol. The second-order valence-corrected chi connectivity index (χ2v) is 5.18. The summed E-state index contributed by atoms with van der Waals surface area (Å²) >= 11 is 0. The van der Waals surface area contributed by atoms with Gasteiger partial charge in [0.1, 0.15) is 0 Å². The first-order valence-corrected chi connectivity index (χ1v) is 8.19. The maximum absolute atomic E-state index is 11.8. The lowest BCUT2D eigenvalue weighted by Crippen LogP contribution is -2.29. The highest BCUT2D eigenvalue weighted by molar-refractivity contribution is 6.62. The molecule has 0 unspecified atom stereocenters. The standard InChI is InChI=1S/C17H20N4O5/c1-3-25-16(23)15(17(24)26-4-2)21-18-12-7-5-11(6-8-12)13-9-10-14(22)20-19-13/h5-8,18H,3-4,9-10H2,1-2H3,(H,20,22). The molecule has 1 aliphatic heterocycles. The van der Waals surface area contributed by atoms with Crippen LogP contribution in [0.1, 0.15) is 32.3 Å². The molecule has 0 spiro atoms. The second kappa shape index (κ2) is 9.30. The Balaban J connectivity index is 2.10. The van der Waals surface area contributed by atoms with Gasteiger partial charge >= 0.3 is 11.9 Å². The number of hydrogen-bond donors (Lipinski definition) is 2. The van der Waals surface area contributed by atoms with Gasteiger partial charge in [-0.1, -0.05) is 12.1 Å². The average Bonchev–Trinajstić information content (AvgIpc) is 2.63. The predicted octanol–water partition coefficient (Wildman–Crippen LogP) is 1.19. The molecule has 2 rings (SSSR count). The normalized spacial score (nSPS) is 13.2. The summed E-state index contributed by atoms with van der Waals surface area (Å²) in [4.78, 5) is 34.8. The summed E-state index contributed by atoms with van der Waals surface area (Å²) in [6.45, 7) is 3.49. The number of carbonyl (C=O) groups is 3. The molecule has 9 nitrogen and oxygen atoms in total. The first-order valence-electron chi connectivity index (χ1n) is 8.19. The maximum atomic E-state index is 11.8. The van der Waals surface area contributed by atoms with E-state index < -0.39 is 17.7 Å². The topological polar surface area (TPSA) is 118 Å². The van der Waals surface area contributed by atoms with Crippen molar-refractivity contribution in [3.8, 4) is 0 Å². The molecule has 1 aromatic carbocycles. The zero-order valence-corrected chi connectivity index (χ0v) is 14.6. The fraction of sp³-hybridized carbons (Fsp3) is 0.353. The van der Waals surface area contributed by atoms with Gasteiger partial charge in [0.15, 0.2) is 0 Å². The van der Waals surface area contributed by atoms with E-state index >= 15 is 0 Å². The molecule has 1 aliphatic rings. The van der Waals surface area contributed by atoms with E-state index in [4.69, 9.17) is 9.47 Å². The second-order valence-electron chi connectivity index (χ2n) is 5.18. The van der Waals surface area contributed by atoms with E-state index in [9.17, 15) is 14.4 Å². The number of hydrazone groups is 2. The first-order chi connectivity index (χ1) is 12.5. The molecule has 1 aromatic rings. The van der Waals surface area contributed by atoms with Crippen LogP contribution in [0.4, 0.5) is 5.69 Å². The van der Waals surface area contributed by atoms with Gasteiger partial charge in [-0.2, -0.15) is 10.2 Å². The van der Waals surface area contributed by atoms with Crippen LogP contribution in [0.3, 0.4) is 0 Å². The van der Waals surface area contributed by atoms with Crippen LogP contribution in [-0.2, 0) is 23.9 Å². The number of esters is 2. The van der Waals surface area contributed by atoms with Gasteiger partial charge in [-0.05, 0) is 31.5 Å². The molecule has 0 saturated heterocycles. The van der Waals surface area contributed by atoms with E-state index in [1.165, 1.54) is 0 Å². The number of rotatable bonds is 7. The Kier molecular flexibility index (Phi) is 6.84. The van der Waals surface area contributed by atoms with Gasteiger partial charge in [0.2, 0.25) is 5.91 Å². The molecule has 0 saturated carbocycles. The van der Waals surface area contributed by atoms with Crippen molar-refractivity contribution in [2.45, 2.75) is 26.7 Å². The molecule has 26 heavy (non-hydrogen) atoms. The van der Waals surface area contributed by atoms with Crippen LogP contribution in [0.5, 0.6) is 0 Å². The molecular formula is C17H20N4O5. The highest BCUT2D eigenvalue weighted by Crippen LogP contribution is 2.14. The van der Waals surface area contributed by atoms with Crippen molar-refractivity contribution in [3.05, 3.63) is 29.8 Å². The zero-order chi connectivity index (χ0) is 18.9. The van der Waals surface area contributed by atoms with E-state index in [2.05, 4.69) is 21.1 Å².